The summed E-state index contributed by atoms with van der Waals surface area (Å²) in [7, 11) is 6.40. The maximum Gasteiger partial charge on any atom is 0.234 e. The predicted octanol–water partition coefficient (Wildman–Crippen LogP) is 5.93. The third-order valence-corrected chi connectivity index (χ3v) is 4.48. The van der Waals surface area contributed by atoms with E-state index in [1.807, 2.05) is 30.3 Å². The number of hydrogen-bond donors (Lipinski definition) is 0. The smallest absolute Gasteiger partial charge is 0.234 e. The van der Waals surface area contributed by atoms with E-state index in [1.165, 1.54) is 5.56 Å². The number of furan rings is 1. The Morgan fingerprint density at radius 1 is 0.833 bits per heavy atom. The van der Waals surface area contributed by atoms with Crippen molar-refractivity contribution in [2.45, 2.75) is 19.8 Å². The number of rotatable bonds is 3. The summed E-state index contributed by atoms with van der Waals surface area (Å²) in [5.41, 5.74) is 4.79. The van der Waals surface area contributed by atoms with Crippen molar-refractivity contribution in [1.29, 1.82) is 0 Å². The minimum absolute atomic E-state index is 0.504. The van der Waals surface area contributed by atoms with Gasteiger partial charge in [-0.15, -0.1) is 0 Å². The van der Waals surface area contributed by atoms with Gasteiger partial charge in [0.15, 0.2) is 5.58 Å². The van der Waals surface area contributed by atoms with Crippen LogP contribution in [-0.2, 0) is 0 Å². The van der Waals surface area contributed by atoms with Crippen LogP contribution in [0.3, 0.4) is 0 Å². The van der Waals surface area contributed by atoms with Crippen LogP contribution in [0.1, 0.15) is 25.3 Å². The van der Waals surface area contributed by atoms with E-state index in [1.54, 1.807) is 4.81 Å². The normalized spacial score (nSPS) is 11.5. The molecular weight excluding hydrogens is 293 g/mol. The fourth-order valence-corrected chi connectivity index (χ4v) is 3.08. The highest BCUT2D eigenvalue weighted by molar-refractivity contribution is 6.25. The van der Waals surface area contributed by atoms with Gasteiger partial charge in [-0.2, -0.15) is 0 Å². The molecule has 0 aliphatic carbocycles. The number of benzene rings is 3. The molecule has 3 aromatic carbocycles. The number of anilines is 2. The maximum atomic E-state index is 6.40. The molecule has 1 heterocycles. The van der Waals surface area contributed by atoms with E-state index in [0.29, 0.717) is 5.92 Å². The Kier molecular flexibility index (Phi) is 3.57. The number of hydrogen-bond acceptors (Lipinski definition) is 2. The Labute approximate surface area is 143 Å². The zero-order valence-corrected chi connectivity index (χ0v) is 13.9. The van der Waals surface area contributed by atoms with E-state index in [-0.39, 0.29) is 0 Å². The van der Waals surface area contributed by atoms with E-state index in [4.69, 9.17) is 12.4 Å². The van der Waals surface area contributed by atoms with Gasteiger partial charge in [-0.25, -0.2) is 0 Å². The molecule has 0 bridgehead atoms. The van der Waals surface area contributed by atoms with Gasteiger partial charge in [0.05, 0.1) is 5.69 Å². The van der Waals surface area contributed by atoms with Crippen LogP contribution in [-0.4, -0.2) is 7.98 Å². The first-order chi connectivity index (χ1) is 11.6. The first kappa shape index (κ1) is 14.9. The second-order valence-corrected chi connectivity index (χ2v) is 6.37. The van der Waals surface area contributed by atoms with Crippen molar-refractivity contribution in [2.24, 2.45) is 0 Å². The van der Waals surface area contributed by atoms with Crippen LogP contribution in [0.2, 0.25) is 0 Å². The highest BCUT2D eigenvalue weighted by Gasteiger charge is 2.14. The van der Waals surface area contributed by atoms with Gasteiger partial charge in [0, 0.05) is 16.5 Å². The molecule has 2 nitrogen and oxygen atoms in total. The van der Waals surface area contributed by atoms with Crippen LogP contribution < -0.4 is 4.81 Å². The van der Waals surface area contributed by atoms with Gasteiger partial charge in [0.2, 0.25) is 7.98 Å². The minimum Gasteiger partial charge on any atom is -0.454 e. The van der Waals surface area contributed by atoms with Gasteiger partial charge in [0.1, 0.15) is 5.58 Å². The Bertz CT molecular complexity index is 1000. The minimum atomic E-state index is 0.504. The van der Waals surface area contributed by atoms with Crippen molar-refractivity contribution in [1.82, 2.24) is 0 Å². The molecule has 0 saturated carbocycles. The third kappa shape index (κ3) is 2.37. The molecule has 0 aliphatic heterocycles. The predicted molar refractivity (Wildman–Crippen MR) is 102 cm³/mol. The summed E-state index contributed by atoms with van der Waals surface area (Å²) in [6.45, 7) is 4.37. The zero-order chi connectivity index (χ0) is 16.7. The molecule has 0 N–H and O–H groups in total. The van der Waals surface area contributed by atoms with Crippen molar-refractivity contribution in [2.75, 3.05) is 4.81 Å². The van der Waals surface area contributed by atoms with E-state index < -0.39 is 0 Å². The lowest BCUT2D eigenvalue weighted by Crippen LogP contribution is -2.11. The van der Waals surface area contributed by atoms with Gasteiger partial charge >= 0.3 is 0 Å². The lowest BCUT2D eigenvalue weighted by atomic mass is 10.0. The molecule has 2 radical (unpaired) electrons. The SMILES string of the molecule is [B]N(c1ccc(C(C)C)cc1)c1cccc2c1oc1ccccc12. The highest BCUT2D eigenvalue weighted by Crippen LogP contribution is 2.36. The van der Waals surface area contributed by atoms with Crippen LogP contribution in [0, 0.1) is 0 Å². The fourth-order valence-electron chi connectivity index (χ4n) is 3.08. The van der Waals surface area contributed by atoms with Gasteiger partial charge in [-0.3, -0.25) is 0 Å². The average molecular weight is 311 g/mol. The van der Waals surface area contributed by atoms with Crippen LogP contribution in [0.15, 0.2) is 71.1 Å². The van der Waals surface area contributed by atoms with E-state index >= 15 is 0 Å². The summed E-state index contributed by atoms with van der Waals surface area (Å²) in [6, 6.07) is 22.5. The molecule has 1 aromatic heterocycles. The summed E-state index contributed by atoms with van der Waals surface area (Å²) in [5.74, 6) is 0.504. The first-order valence-corrected chi connectivity index (χ1v) is 8.20. The fraction of sp³-hybridized carbons (Fsp3) is 0.143. The summed E-state index contributed by atoms with van der Waals surface area (Å²) in [5, 5.41) is 2.19. The Hall–Kier alpha value is -2.68. The molecule has 0 amide bonds. The Balaban J connectivity index is 1.83. The summed E-state index contributed by atoms with van der Waals surface area (Å²) in [6.07, 6.45) is 0. The van der Waals surface area contributed by atoms with Gasteiger partial charge in [0.25, 0.3) is 0 Å². The molecule has 3 heteroatoms. The van der Waals surface area contributed by atoms with Crippen molar-refractivity contribution in [3.8, 4) is 0 Å². The Morgan fingerprint density at radius 2 is 1.54 bits per heavy atom. The van der Waals surface area contributed by atoms with E-state index in [0.717, 1.165) is 33.3 Å². The number of para-hydroxylation sites is 2. The van der Waals surface area contributed by atoms with Crippen LogP contribution in [0.25, 0.3) is 21.9 Å². The van der Waals surface area contributed by atoms with Crippen molar-refractivity contribution in [3.05, 3.63) is 72.3 Å². The van der Waals surface area contributed by atoms with Crippen molar-refractivity contribution < 1.29 is 4.42 Å². The van der Waals surface area contributed by atoms with Crippen molar-refractivity contribution in [3.63, 3.8) is 0 Å². The quantitative estimate of drug-likeness (QED) is 0.436. The second kappa shape index (κ2) is 5.75. The lowest BCUT2D eigenvalue weighted by molar-refractivity contribution is 0.669. The molecule has 116 valence electrons. The van der Waals surface area contributed by atoms with E-state index in [2.05, 4.69) is 50.2 Å². The van der Waals surface area contributed by atoms with Gasteiger partial charge in [-0.05, 0) is 35.7 Å². The highest BCUT2D eigenvalue weighted by atomic mass is 16.3. The van der Waals surface area contributed by atoms with Gasteiger partial charge < -0.3 is 9.23 Å². The monoisotopic (exact) mass is 311 g/mol. The third-order valence-electron chi connectivity index (χ3n) is 4.48. The van der Waals surface area contributed by atoms with Crippen LogP contribution >= 0.6 is 0 Å². The van der Waals surface area contributed by atoms with Crippen LogP contribution in [0.4, 0.5) is 11.4 Å². The lowest BCUT2D eigenvalue weighted by Gasteiger charge is -2.21. The topological polar surface area (TPSA) is 16.4 Å². The molecule has 0 atom stereocenters. The largest absolute Gasteiger partial charge is 0.454 e. The molecule has 0 spiro atoms. The van der Waals surface area contributed by atoms with Gasteiger partial charge in [-0.1, -0.05) is 56.3 Å². The molecule has 24 heavy (non-hydrogen) atoms. The van der Waals surface area contributed by atoms with E-state index in [9.17, 15) is 0 Å². The second-order valence-electron chi connectivity index (χ2n) is 6.37. The molecule has 0 fully saturated rings. The maximum absolute atomic E-state index is 6.40. The first-order valence-electron chi connectivity index (χ1n) is 8.20. The summed E-state index contributed by atoms with van der Waals surface area (Å²) < 4.78 is 6.07. The average Bonchev–Trinajstić information content (AvgIpc) is 3.00. The molecule has 0 aliphatic rings. The molecular formula is C21H18BNO. The van der Waals surface area contributed by atoms with Crippen molar-refractivity contribution >= 4 is 41.3 Å². The molecule has 4 rings (SSSR count). The Morgan fingerprint density at radius 3 is 2.29 bits per heavy atom. The molecule has 4 aromatic rings. The zero-order valence-electron chi connectivity index (χ0n) is 13.9. The van der Waals surface area contributed by atoms with Crippen LogP contribution in [0.5, 0.6) is 0 Å². The summed E-state index contributed by atoms with van der Waals surface area (Å²) >= 11 is 0. The number of fused-ring (bicyclic) bond motifs is 3. The number of nitrogens with zero attached hydrogens (tertiary/aromatic N) is 1. The molecule has 0 unspecified atom stereocenters. The summed E-state index contributed by atoms with van der Waals surface area (Å²) in [4.78, 5) is 1.69. The standard InChI is InChI=1S/C21H18BNO/c1-14(2)15-10-12-16(13-11-15)23(22)19-8-5-7-18-17-6-3-4-9-20(17)24-21(18)19/h3-14H,1-2H3. The molecule has 0 saturated heterocycles.